The number of hydrogen-bond donors (Lipinski definition) is 3. The van der Waals surface area contributed by atoms with Crippen molar-refractivity contribution in [2.45, 2.75) is 69.9 Å². The maximum absolute atomic E-state index is 9.64. The monoisotopic (exact) mass is 297 g/mol. The fourth-order valence-corrected chi connectivity index (χ4v) is 4.21. The average molecular weight is 297 g/mol. The van der Waals surface area contributed by atoms with Gasteiger partial charge in [-0.1, -0.05) is 19.8 Å². The molecule has 0 radical (unpaired) electrons. The molecule has 1 heterocycles. The van der Waals surface area contributed by atoms with Crippen LogP contribution in [0.4, 0.5) is 0 Å². The first-order valence-electron chi connectivity index (χ1n) is 9.04. The number of rotatable bonds is 6. The largest absolute Gasteiger partial charge is 0.396 e. The number of hydrogen-bond acceptors (Lipinski definition) is 4. The minimum atomic E-state index is 0.0952. The minimum Gasteiger partial charge on any atom is -0.396 e. The van der Waals surface area contributed by atoms with E-state index in [0.29, 0.717) is 18.6 Å². The van der Waals surface area contributed by atoms with E-state index in [9.17, 15) is 5.11 Å². The third-order valence-corrected chi connectivity index (χ3v) is 5.60. The molecule has 3 unspecified atom stereocenters. The Labute approximate surface area is 130 Å². The third kappa shape index (κ3) is 4.65. The number of nitrogens with zero attached hydrogens (tertiary/aromatic N) is 1. The molecule has 21 heavy (non-hydrogen) atoms. The van der Waals surface area contributed by atoms with Crippen molar-refractivity contribution in [2.24, 2.45) is 11.7 Å². The highest BCUT2D eigenvalue weighted by Crippen LogP contribution is 2.29. The van der Waals surface area contributed by atoms with Gasteiger partial charge in [-0.3, -0.25) is 0 Å². The van der Waals surface area contributed by atoms with E-state index in [2.05, 4.69) is 17.1 Å². The predicted molar refractivity (Wildman–Crippen MR) is 88.3 cm³/mol. The van der Waals surface area contributed by atoms with Gasteiger partial charge in [-0.05, 0) is 64.1 Å². The molecule has 124 valence electrons. The van der Waals surface area contributed by atoms with Gasteiger partial charge >= 0.3 is 0 Å². The van der Waals surface area contributed by atoms with Gasteiger partial charge in [-0.2, -0.15) is 0 Å². The number of nitrogens with one attached hydrogen (secondary N) is 1. The van der Waals surface area contributed by atoms with E-state index in [1.165, 1.54) is 51.6 Å². The van der Waals surface area contributed by atoms with Gasteiger partial charge in [0.1, 0.15) is 0 Å². The van der Waals surface area contributed by atoms with Crippen molar-refractivity contribution < 1.29 is 5.11 Å². The standard InChI is InChI=1S/C17H35N3O/c1-2-10-20-11-5-8-17(14-18,9-12-20)19-16-7-4-3-6-15(16)13-21/h15-16,19,21H,2-14,18H2,1H3. The molecule has 4 nitrogen and oxygen atoms in total. The Hall–Kier alpha value is -0.160. The third-order valence-electron chi connectivity index (χ3n) is 5.60. The normalized spacial score (nSPS) is 35.6. The van der Waals surface area contributed by atoms with Crippen molar-refractivity contribution in [3.63, 3.8) is 0 Å². The van der Waals surface area contributed by atoms with Gasteiger partial charge in [0, 0.05) is 24.7 Å². The first kappa shape index (κ1) is 17.2. The van der Waals surface area contributed by atoms with E-state index in [1.807, 2.05) is 0 Å². The molecule has 3 atom stereocenters. The van der Waals surface area contributed by atoms with Gasteiger partial charge in [0.15, 0.2) is 0 Å². The zero-order valence-electron chi connectivity index (χ0n) is 13.8. The molecule has 1 aliphatic carbocycles. The molecule has 2 fully saturated rings. The van der Waals surface area contributed by atoms with E-state index < -0.39 is 0 Å². The van der Waals surface area contributed by atoms with Crippen LogP contribution in [0.1, 0.15) is 58.3 Å². The van der Waals surface area contributed by atoms with Crippen LogP contribution in [0.2, 0.25) is 0 Å². The van der Waals surface area contributed by atoms with Crippen LogP contribution in [-0.4, -0.2) is 54.4 Å². The van der Waals surface area contributed by atoms with Crippen molar-refractivity contribution in [3.05, 3.63) is 0 Å². The lowest BCUT2D eigenvalue weighted by Gasteiger charge is -2.41. The number of nitrogens with two attached hydrogens (primary N) is 1. The second kappa shape index (κ2) is 8.47. The molecule has 1 saturated heterocycles. The van der Waals surface area contributed by atoms with Crippen molar-refractivity contribution >= 4 is 0 Å². The van der Waals surface area contributed by atoms with E-state index in [1.54, 1.807) is 0 Å². The molecule has 0 aromatic heterocycles. The lowest BCUT2D eigenvalue weighted by Crippen LogP contribution is -2.58. The summed E-state index contributed by atoms with van der Waals surface area (Å²) in [6, 6.07) is 0.463. The Morgan fingerprint density at radius 2 is 2.00 bits per heavy atom. The topological polar surface area (TPSA) is 61.5 Å². The van der Waals surface area contributed by atoms with Crippen LogP contribution in [0.5, 0.6) is 0 Å². The Morgan fingerprint density at radius 1 is 1.19 bits per heavy atom. The van der Waals surface area contributed by atoms with Crippen LogP contribution in [0.25, 0.3) is 0 Å². The summed E-state index contributed by atoms with van der Waals surface area (Å²) in [5, 5.41) is 13.5. The summed E-state index contributed by atoms with van der Waals surface area (Å²) in [5.41, 5.74) is 6.28. The minimum absolute atomic E-state index is 0.0952. The second-order valence-corrected chi connectivity index (χ2v) is 7.16. The molecule has 0 amide bonds. The van der Waals surface area contributed by atoms with Crippen LogP contribution in [0, 0.1) is 5.92 Å². The second-order valence-electron chi connectivity index (χ2n) is 7.16. The van der Waals surface area contributed by atoms with Crippen LogP contribution >= 0.6 is 0 Å². The Bertz CT molecular complexity index is 300. The number of aliphatic hydroxyl groups excluding tert-OH is 1. The average Bonchev–Trinajstić information content (AvgIpc) is 2.72. The molecule has 4 heteroatoms. The molecule has 0 spiro atoms. The summed E-state index contributed by atoms with van der Waals surface area (Å²) in [5.74, 6) is 0.428. The molecule has 0 aromatic carbocycles. The molecule has 2 aliphatic rings. The zero-order valence-corrected chi connectivity index (χ0v) is 13.8. The van der Waals surface area contributed by atoms with Gasteiger partial charge in [0.2, 0.25) is 0 Å². The molecule has 1 aliphatic heterocycles. The Kier molecular flexibility index (Phi) is 6.93. The summed E-state index contributed by atoms with van der Waals surface area (Å²) in [7, 11) is 0. The van der Waals surface area contributed by atoms with Gasteiger partial charge in [-0.15, -0.1) is 0 Å². The fraction of sp³-hybridized carbons (Fsp3) is 1.00. The molecular weight excluding hydrogens is 262 g/mol. The van der Waals surface area contributed by atoms with Gasteiger partial charge in [-0.25, -0.2) is 0 Å². The highest BCUT2D eigenvalue weighted by Gasteiger charge is 2.36. The summed E-state index contributed by atoms with van der Waals surface area (Å²) in [4.78, 5) is 2.59. The predicted octanol–water partition coefficient (Wildman–Crippen LogP) is 1.72. The maximum atomic E-state index is 9.64. The summed E-state index contributed by atoms with van der Waals surface area (Å²) >= 11 is 0. The lowest BCUT2D eigenvalue weighted by atomic mass is 9.81. The quantitative estimate of drug-likeness (QED) is 0.698. The first-order chi connectivity index (χ1) is 10.2. The van der Waals surface area contributed by atoms with Gasteiger partial charge in [0.05, 0.1) is 0 Å². The Balaban J connectivity index is 1.96. The smallest absolute Gasteiger partial charge is 0.0474 e. The van der Waals surface area contributed by atoms with Crippen LogP contribution in [-0.2, 0) is 0 Å². The summed E-state index contributed by atoms with van der Waals surface area (Å²) in [6.07, 6.45) is 9.72. The van der Waals surface area contributed by atoms with Gasteiger partial charge in [0.25, 0.3) is 0 Å². The van der Waals surface area contributed by atoms with Crippen molar-refractivity contribution in [1.29, 1.82) is 0 Å². The SMILES string of the molecule is CCCN1CCCC(CN)(NC2CCCCC2CO)CC1. The molecule has 2 rings (SSSR count). The molecule has 1 saturated carbocycles. The highest BCUT2D eigenvalue weighted by molar-refractivity contribution is 4.96. The maximum Gasteiger partial charge on any atom is 0.0474 e. The fourth-order valence-electron chi connectivity index (χ4n) is 4.21. The number of aliphatic hydroxyl groups is 1. The van der Waals surface area contributed by atoms with E-state index >= 15 is 0 Å². The van der Waals surface area contributed by atoms with Crippen molar-refractivity contribution in [3.8, 4) is 0 Å². The molecule has 0 bridgehead atoms. The number of likely N-dealkylation sites (tertiary alicyclic amines) is 1. The Morgan fingerprint density at radius 3 is 2.71 bits per heavy atom. The van der Waals surface area contributed by atoms with Crippen LogP contribution in [0.3, 0.4) is 0 Å². The van der Waals surface area contributed by atoms with E-state index in [-0.39, 0.29) is 5.54 Å². The van der Waals surface area contributed by atoms with E-state index in [0.717, 1.165) is 25.9 Å². The lowest BCUT2D eigenvalue weighted by molar-refractivity contribution is 0.122. The molecule has 0 aromatic rings. The van der Waals surface area contributed by atoms with Crippen molar-refractivity contribution in [1.82, 2.24) is 10.2 Å². The first-order valence-corrected chi connectivity index (χ1v) is 9.04. The summed E-state index contributed by atoms with van der Waals surface area (Å²) in [6.45, 7) is 6.89. The zero-order chi connectivity index (χ0) is 15.1. The molecule has 4 N–H and O–H groups in total. The van der Waals surface area contributed by atoms with Crippen molar-refractivity contribution in [2.75, 3.05) is 32.8 Å². The highest BCUT2D eigenvalue weighted by atomic mass is 16.3. The van der Waals surface area contributed by atoms with Crippen LogP contribution in [0.15, 0.2) is 0 Å². The van der Waals surface area contributed by atoms with Gasteiger partial charge < -0.3 is 21.1 Å². The van der Waals surface area contributed by atoms with E-state index in [4.69, 9.17) is 5.73 Å². The summed E-state index contributed by atoms with van der Waals surface area (Å²) < 4.78 is 0. The van der Waals surface area contributed by atoms with Crippen LogP contribution < -0.4 is 11.1 Å². The molecular formula is C17H35N3O.